The summed E-state index contributed by atoms with van der Waals surface area (Å²) in [5.41, 5.74) is 2.73. The molecule has 98 valence electrons. The van der Waals surface area contributed by atoms with Crippen LogP contribution >= 0.6 is 0 Å². The molecule has 0 unspecified atom stereocenters. The molecule has 0 aromatic heterocycles. The highest BCUT2D eigenvalue weighted by Crippen LogP contribution is 2.28. The molecule has 2 rings (SSSR count). The molecular weight excluding hydrogens is 252 g/mol. The minimum absolute atomic E-state index is 0.0660. The highest BCUT2D eigenvalue weighted by molar-refractivity contribution is 7.89. The third-order valence-corrected chi connectivity index (χ3v) is 4.44. The van der Waals surface area contributed by atoms with Gasteiger partial charge in [0, 0.05) is 19.3 Å². The zero-order chi connectivity index (χ0) is 13.3. The Morgan fingerprint density at radius 3 is 2.78 bits per heavy atom. The molecule has 6 heteroatoms. The van der Waals surface area contributed by atoms with Crippen molar-refractivity contribution in [1.82, 2.24) is 4.72 Å². The largest absolute Gasteiger partial charge is 0.315 e. The van der Waals surface area contributed by atoms with Crippen molar-refractivity contribution in [3.8, 4) is 0 Å². The van der Waals surface area contributed by atoms with Crippen molar-refractivity contribution in [2.24, 2.45) is 0 Å². The Labute approximate surface area is 107 Å². The summed E-state index contributed by atoms with van der Waals surface area (Å²) >= 11 is 0. The Bertz CT molecular complexity index is 581. The number of sulfonamides is 1. The Morgan fingerprint density at radius 2 is 2.11 bits per heavy atom. The molecule has 5 nitrogen and oxygen atoms in total. The molecule has 1 heterocycles. The van der Waals surface area contributed by atoms with Crippen molar-refractivity contribution in [2.75, 3.05) is 17.7 Å². The molecule has 0 saturated heterocycles. The SMILES string of the molecule is CCS(=O)(=O)NCc1ccc2c(c1)CC(=O)N2C. The van der Waals surface area contributed by atoms with Crippen LogP contribution in [0, 0.1) is 0 Å². The summed E-state index contributed by atoms with van der Waals surface area (Å²) in [6, 6.07) is 5.58. The fourth-order valence-electron chi connectivity index (χ4n) is 1.93. The van der Waals surface area contributed by atoms with E-state index in [2.05, 4.69) is 4.72 Å². The lowest BCUT2D eigenvalue weighted by Gasteiger charge is -2.10. The number of nitrogens with one attached hydrogen (secondary N) is 1. The van der Waals surface area contributed by atoms with Gasteiger partial charge in [-0.3, -0.25) is 4.79 Å². The first-order chi connectivity index (χ1) is 8.43. The second kappa shape index (κ2) is 4.70. The number of carbonyl (C=O) groups excluding carboxylic acids is 1. The Morgan fingerprint density at radius 1 is 1.39 bits per heavy atom. The van der Waals surface area contributed by atoms with E-state index >= 15 is 0 Å². The summed E-state index contributed by atoms with van der Waals surface area (Å²) in [5.74, 6) is 0.135. The van der Waals surface area contributed by atoms with E-state index in [1.807, 2.05) is 18.2 Å². The monoisotopic (exact) mass is 268 g/mol. The lowest BCUT2D eigenvalue weighted by atomic mass is 10.1. The summed E-state index contributed by atoms with van der Waals surface area (Å²) in [5, 5.41) is 0. The molecule has 0 bridgehead atoms. The zero-order valence-corrected chi connectivity index (χ0v) is 11.3. The van der Waals surface area contributed by atoms with E-state index in [0.29, 0.717) is 6.42 Å². The number of anilines is 1. The van der Waals surface area contributed by atoms with E-state index < -0.39 is 10.0 Å². The lowest BCUT2D eigenvalue weighted by molar-refractivity contribution is -0.117. The number of fused-ring (bicyclic) bond motifs is 1. The molecule has 1 aliphatic rings. The van der Waals surface area contributed by atoms with Gasteiger partial charge in [-0.15, -0.1) is 0 Å². The van der Waals surface area contributed by atoms with Crippen molar-refractivity contribution >= 4 is 21.6 Å². The van der Waals surface area contributed by atoms with Gasteiger partial charge in [-0.2, -0.15) is 0 Å². The molecule has 1 aromatic rings. The van der Waals surface area contributed by atoms with Crippen LogP contribution in [0.4, 0.5) is 5.69 Å². The van der Waals surface area contributed by atoms with Gasteiger partial charge in [-0.1, -0.05) is 12.1 Å². The number of nitrogens with zero attached hydrogens (tertiary/aromatic N) is 1. The molecule has 0 aliphatic carbocycles. The number of hydrogen-bond acceptors (Lipinski definition) is 3. The van der Waals surface area contributed by atoms with Crippen LogP contribution in [0.25, 0.3) is 0 Å². The maximum Gasteiger partial charge on any atom is 0.231 e. The molecule has 0 saturated carbocycles. The molecule has 18 heavy (non-hydrogen) atoms. The van der Waals surface area contributed by atoms with E-state index in [4.69, 9.17) is 0 Å². The molecular formula is C12H16N2O3S. The fourth-order valence-corrected chi connectivity index (χ4v) is 2.52. The van der Waals surface area contributed by atoms with Gasteiger partial charge in [0.15, 0.2) is 0 Å². The van der Waals surface area contributed by atoms with Gasteiger partial charge in [-0.25, -0.2) is 13.1 Å². The van der Waals surface area contributed by atoms with Crippen molar-refractivity contribution in [1.29, 1.82) is 0 Å². The van der Waals surface area contributed by atoms with Crippen molar-refractivity contribution in [3.05, 3.63) is 29.3 Å². The van der Waals surface area contributed by atoms with Crippen molar-refractivity contribution in [2.45, 2.75) is 19.9 Å². The van der Waals surface area contributed by atoms with Gasteiger partial charge in [0.2, 0.25) is 15.9 Å². The average molecular weight is 268 g/mol. The molecule has 0 fully saturated rings. The summed E-state index contributed by atoms with van der Waals surface area (Å²) < 4.78 is 25.2. The van der Waals surface area contributed by atoms with E-state index in [9.17, 15) is 13.2 Å². The van der Waals surface area contributed by atoms with Gasteiger partial charge in [-0.05, 0) is 24.1 Å². The zero-order valence-electron chi connectivity index (χ0n) is 10.4. The molecule has 0 atom stereocenters. The highest BCUT2D eigenvalue weighted by atomic mass is 32.2. The van der Waals surface area contributed by atoms with Crippen molar-refractivity contribution in [3.63, 3.8) is 0 Å². The number of hydrogen-bond donors (Lipinski definition) is 1. The van der Waals surface area contributed by atoms with E-state index in [1.54, 1.807) is 18.9 Å². The van der Waals surface area contributed by atoms with Gasteiger partial charge >= 0.3 is 0 Å². The molecule has 0 spiro atoms. The van der Waals surface area contributed by atoms with Crippen LogP contribution in [0.1, 0.15) is 18.1 Å². The minimum atomic E-state index is -3.18. The minimum Gasteiger partial charge on any atom is -0.315 e. The standard InChI is InChI=1S/C12H16N2O3S/c1-3-18(16,17)13-8-9-4-5-11-10(6-9)7-12(15)14(11)2/h4-6,13H,3,7-8H2,1-2H3. The Kier molecular flexibility index (Phi) is 3.41. The molecule has 1 amide bonds. The molecule has 0 radical (unpaired) electrons. The quantitative estimate of drug-likeness (QED) is 0.871. The predicted octanol–water partition coefficient (Wildman–Crippen LogP) is 0.645. The van der Waals surface area contributed by atoms with Crippen LogP contribution < -0.4 is 9.62 Å². The number of likely N-dealkylation sites (N-methyl/N-ethyl adjacent to an activating group) is 1. The first-order valence-corrected chi connectivity index (χ1v) is 7.44. The predicted molar refractivity (Wildman–Crippen MR) is 69.9 cm³/mol. The Balaban J connectivity index is 2.14. The van der Waals surface area contributed by atoms with E-state index in [1.165, 1.54) is 0 Å². The summed E-state index contributed by atoms with van der Waals surface area (Å²) in [4.78, 5) is 13.1. The number of carbonyl (C=O) groups is 1. The maximum absolute atomic E-state index is 11.5. The van der Waals surface area contributed by atoms with Crippen LogP contribution in [0.5, 0.6) is 0 Å². The lowest BCUT2D eigenvalue weighted by Crippen LogP contribution is -2.24. The molecule has 1 aliphatic heterocycles. The average Bonchev–Trinajstić information content (AvgIpc) is 2.62. The number of amides is 1. The van der Waals surface area contributed by atoms with E-state index in [-0.39, 0.29) is 18.2 Å². The maximum atomic E-state index is 11.5. The summed E-state index contributed by atoms with van der Waals surface area (Å²) in [6.07, 6.45) is 0.389. The van der Waals surface area contributed by atoms with Gasteiger partial charge < -0.3 is 4.90 Å². The van der Waals surface area contributed by atoms with Gasteiger partial charge in [0.1, 0.15) is 0 Å². The highest BCUT2D eigenvalue weighted by Gasteiger charge is 2.23. The second-order valence-corrected chi connectivity index (χ2v) is 6.41. The van der Waals surface area contributed by atoms with Gasteiger partial charge in [0.25, 0.3) is 0 Å². The first kappa shape index (κ1) is 13.0. The molecule has 1 aromatic carbocycles. The fraction of sp³-hybridized carbons (Fsp3) is 0.417. The van der Waals surface area contributed by atoms with Crippen LogP contribution in [-0.4, -0.2) is 27.1 Å². The molecule has 1 N–H and O–H groups in total. The van der Waals surface area contributed by atoms with E-state index in [0.717, 1.165) is 16.8 Å². The first-order valence-electron chi connectivity index (χ1n) is 5.78. The van der Waals surface area contributed by atoms with Crippen LogP contribution in [-0.2, 0) is 27.8 Å². The van der Waals surface area contributed by atoms with Crippen molar-refractivity contribution < 1.29 is 13.2 Å². The third kappa shape index (κ3) is 2.54. The summed E-state index contributed by atoms with van der Waals surface area (Å²) in [6.45, 7) is 1.86. The van der Waals surface area contributed by atoms with Crippen LogP contribution in [0.15, 0.2) is 18.2 Å². The van der Waals surface area contributed by atoms with Gasteiger partial charge in [0.05, 0.1) is 12.2 Å². The topological polar surface area (TPSA) is 66.5 Å². The number of rotatable bonds is 4. The smallest absolute Gasteiger partial charge is 0.231 e. The third-order valence-electron chi connectivity index (χ3n) is 3.10. The number of benzene rings is 1. The Hall–Kier alpha value is -1.40. The second-order valence-electron chi connectivity index (χ2n) is 4.32. The van der Waals surface area contributed by atoms with Crippen LogP contribution in [0.2, 0.25) is 0 Å². The van der Waals surface area contributed by atoms with Crippen LogP contribution in [0.3, 0.4) is 0 Å². The normalized spacial score (nSPS) is 15.0. The summed E-state index contributed by atoms with van der Waals surface area (Å²) in [7, 11) is -1.44.